The Morgan fingerprint density at radius 3 is 2.36 bits per heavy atom. The summed E-state index contributed by atoms with van der Waals surface area (Å²) in [5.74, 6) is -1.46. The quantitative estimate of drug-likeness (QED) is 0.914. The molecule has 1 aromatic carbocycles. The SMILES string of the molecule is CC(=O)N1CCN(CCNc2c(F)cc(C#N)cc2F)CC1. The van der Waals surface area contributed by atoms with Gasteiger partial charge in [0.2, 0.25) is 5.91 Å². The monoisotopic (exact) mass is 308 g/mol. The molecule has 5 nitrogen and oxygen atoms in total. The molecule has 7 heteroatoms. The maximum absolute atomic E-state index is 13.7. The summed E-state index contributed by atoms with van der Waals surface area (Å²) in [6, 6.07) is 3.73. The van der Waals surface area contributed by atoms with Crippen LogP contribution in [0.2, 0.25) is 0 Å². The summed E-state index contributed by atoms with van der Waals surface area (Å²) in [6.45, 7) is 5.42. The highest BCUT2D eigenvalue weighted by molar-refractivity contribution is 5.73. The molecular formula is C15H18F2N4O. The number of hydrogen-bond acceptors (Lipinski definition) is 4. The Bertz CT molecular complexity index is 569. The van der Waals surface area contributed by atoms with E-state index in [0.29, 0.717) is 26.2 Å². The van der Waals surface area contributed by atoms with Gasteiger partial charge in [-0.15, -0.1) is 0 Å². The first-order valence-electron chi connectivity index (χ1n) is 7.12. The summed E-state index contributed by atoms with van der Waals surface area (Å²) in [6.07, 6.45) is 0. The predicted octanol–water partition coefficient (Wildman–Crippen LogP) is 1.41. The van der Waals surface area contributed by atoms with Crippen LogP contribution in [0.25, 0.3) is 0 Å². The number of hydrogen-bond donors (Lipinski definition) is 1. The van der Waals surface area contributed by atoms with Crippen LogP contribution in [0.15, 0.2) is 12.1 Å². The fraction of sp³-hybridized carbons (Fsp3) is 0.467. The van der Waals surface area contributed by atoms with E-state index in [0.717, 1.165) is 25.2 Å². The number of halogens is 2. The van der Waals surface area contributed by atoms with Crippen molar-refractivity contribution in [2.75, 3.05) is 44.6 Å². The number of anilines is 1. The molecule has 1 saturated heterocycles. The molecule has 1 N–H and O–H groups in total. The minimum Gasteiger partial charge on any atom is -0.379 e. The van der Waals surface area contributed by atoms with Gasteiger partial charge in [0.1, 0.15) is 5.69 Å². The van der Waals surface area contributed by atoms with Crippen molar-refractivity contribution in [3.05, 3.63) is 29.3 Å². The Labute approximate surface area is 128 Å². The van der Waals surface area contributed by atoms with Crippen LogP contribution in [-0.4, -0.2) is 55.0 Å². The maximum Gasteiger partial charge on any atom is 0.219 e. The fourth-order valence-electron chi connectivity index (χ4n) is 2.43. The lowest BCUT2D eigenvalue weighted by atomic mass is 10.2. The predicted molar refractivity (Wildman–Crippen MR) is 78.3 cm³/mol. The number of piperazine rings is 1. The average Bonchev–Trinajstić information content (AvgIpc) is 2.50. The molecule has 1 aromatic rings. The Morgan fingerprint density at radius 1 is 1.27 bits per heavy atom. The Hall–Kier alpha value is -2.20. The lowest BCUT2D eigenvalue weighted by Crippen LogP contribution is -2.49. The third kappa shape index (κ3) is 3.92. The highest BCUT2D eigenvalue weighted by Crippen LogP contribution is 2.20. The molecule has 1 aliphatic heterocycles. The minimum atomic E-state index is -0.766. The molecule has 1 aliphatic rings. The van der Waals surface area contributed by atoms with Crippen LogP contribution in [0.5, 0.6) is 0 Å². The lowest BCUT2D eigenvalue weighted by Gasteiger charge is -2.34. The van der Waals surface area contributed by atoms with Crippen LogP contribution in [0.1, 0.15) is 12.5 Å². The number of carbonyl (C=O) groups excluding carboxylic acids is 1. The normalized spacial score (nSPS) is 15.5. The molecule has 0 aliphatic carbocycles. The van der Waals surface area contributed by atoms with E-state index in [2.05, 4.69) is 10.2 Å². The Kier molecular flexibility index (Phi) is 5.28. The molecule has 0 aromatic heterocycles. The molecule has 1 fully saturated rings. The second kappa shape index (κ2) is 7.18. The number of rotatable bonds is 4. The Balaban J connectivity index is 1.83. The first-order chi connectivity index (χ1) is 10.5. The van der Waals surface area contributed by atoms with E-state index in [-0.39, 0.29) is 17.2 Å². The molecule has 2 rings (SSSR count). The number of amides is 1. The van der Waals surface area contributed by atoms with Crippen molar-refractivity contribution >= 4 is 11.6 Å². The molecule has 0 bridgehead atoms. The van der Waals surface area contributed by atoms with Crippen LogP contribution in [-0.2, 0) is 4.79 Å². The van der Waals surface area contributed by atoms with Crippen LogP contribution in [0.4, 0.5) is 14.5 Å². The van der Waals surface area contributed by atoms with Crippen molar-refractivity contribution in [2.45, 2.75) is 6.92 Å². The van der Waals surface area contributed by atoms with Gasteiger partial charge in [0.25, 0.3) is 0 Å². The first kappa shape index (κ1) is 16.2. The molecular weight excluding hydrogens is 290 g/mol. The van der Waals surface area contributed by atoms with Crippen molar-refractivity contribution in [3.63, 3.8) is 0 Å². The van der Waals surface area contributed by atoms with Gasteiger partial charge in [-0.1, -0.05) is 0 Å². The largest absolute Gasteiger partial charge is 0.379 e. The average molecular weight is 308 g/mol. The van der Waals surface area contributed by atoms with E-state index < -0.39 is 11.6 Å². The highest BCUT2D eigenvalue weighted by atomic mass is 19.1. The number of benzene rings is 1. The summed E-state index contributed by atoms with van der Waals surface area (Å²) < 4.78 is 27.4. The van der Waals surface area contributed by atoms with Crippen LogP contribution < -0.4 is 5.32 Å². The van der Waals surface area contributed by atoms with Gasteiger partial charge >= 0.3 is 0 Å². The summed E-state index contributed by atoms with van der Waals surface area (Å²) >= 11 is 0. The minimum absolute atomic E-state index is 0.0408. The van der Waals surface area contributed by atoms with E-state index in [1.807, 2.05) is 0 Å². The zero-order valence-electron chi connectivity index (χ0n) is 12.4. The van der Waals surface area contributed by atoms with Crippen LogP contribution >= 0.6 is 0 Å². The molecule has 0 radical (unpaired) electrons. The van der Waals surface area contributed by atoms with Crippen LogP contribution in [0, 0.1) is 23.0 Å². The second-order valence-electron chi connectivity index (χ2n) is 5.20. The third-order valence-electron chi connectivity index (χ3n) is 3.72. The van der Waals surface area contributed by atoms with Gasteiger partial charge in [-0.05, 0) is 12.1 Å². The van der Waals surface area contributed by atoms with E-state index in [9.17, 15) is 13.6 Å². The van der Waals surface area contributed by atoms with Crippen molar-refractivity contribution < 1.29 is 13.6 Å². The second-order valence-corrected chi connectivity index (χ2v) is 5.20. The van der Waals surface area contributed by atoms with E-state index >= 15 is 0 Å². The lowest BCUT2D eigenvalue weighted by molar-refractivity contribution is -0.130. The Morgan fingerprint density at radius 2 is 1.86 bits per heavy atom. The van der Waals surface area contributed by atoms with Gasteiger partial charge in [-0.3, -0.25) is 9.69 Å². The molecule has 0 saturated carbocycles. The molecule has 118 valence electrons. The van der Waals surface area contributed by atoms with Crippen molar-refractivity contribution in [1.29, 1.82) is 5.26 Å². The topological polar surface area (TPSA) is 59.4 Å². The van der Waals surface area contributed by atoms with Crippen molar-refractivity contribution in [1.82, 2.24) is 9.80 Å². The first-order valence-corrected chi connectivity index (χ1v) is 7.12. The number of nitrogens with zero attached hydrogens (tertiary/aromatic N) is 3. The van der Waals surface area contributed by atoms with Gasteiger partial charge in [0.05, 0.1) is 11.6 Å². The molecule has 22 heavy (non-hydrogen) atoms. The van der Waals surface area contributed by atoms with Crippen molar-refractivity contribution in [2.24, 2.45) is 0 Å². The van der Waals surface area contributed by atoms with Crippen LogP contribution in [0.3, 0.4) is 0 Å². The van der Waals surface area contributed by atoms with E-state index in [1.165, 1.54) is 0 Å². The number of carbonyl (C=O) groups is 1. The smallest absolute Gasteiger partial charge is 0.219 e. The van der Waals surface area contributed by atoms with E-state index in [1.54, 1.807) is 17.9 Å². The fourth-order valence-corrected chi connectivity index (χ4v) is 2.43. The standard InChI is InChI=1S/C15H18F2N4O/c1-11(22)21-6-4-20(5-7-21)3-2-19-15-13(16)8-12(10-18)9-14(15)17/h8-9,19H,2-7H2,1H3. The summed E-state index contributed by atoms with van der Waals surface area (Å²) in [5.41, 5.74) is -0.248. The van der Waals surface area contributed by atoms with Gasteiger partial charge in [-0.2, -0.15) is 5.26 Å². The number of nitrogens with one attached hydrogen (secondary N) is 1. The van der Waals surface area contributed by atoms with E-state index in [4.69, 9.17) is 5.26 Å². The molecule has 0 unspecified atom stereocenters. The highest BCUT2D eigenvalue weighted by Gasteiger charge is 2.18. The molecule has 1 amide bonds. The summed E-state index contributed by atoms with van der Waals surface area (Å²) in [7, 11) is 0. The summed E-state index contributed by atoms with van der Waals surface area (Å²) in [5, 5.41) is 11.4. The van der Waals surface area contributed by atoms with Crippen molar-refractivity contribution in [3.8, 4) is 6.07 Å². The zero-order chi connectivity index (χ0) is 16.1. The molecule has 0 spiro atoms. The van der Waals surface area contributed by atoms with Gasteiger partial charge in [-0.25, -0.2) is 8.78 Å². The third-order valence-corrected chi connectivity index (χ3v) is 3.72. The summed E-state index contributed by atoms with van der Waals surface area (Å²) in [4.78, 5) is 15.1. The van der Waals surface area contributed by atoms with Gasteiger partial charge in [0.15, 0.2) is 11.6 Å². The van der Waals surface area contributed by atoms with Gasteiger partial charge in [0, 0.05) is 46.2 Å². The van der Waals surface area contributed by atoms with Gasteiger partial charge < -0.3 is 10.2 Å². The number of nitriles is 1. The molecule has 1 heterocycles. The molecule has 0 atom stereocenters. The zero-order valence-corrected chi connectivity index (χ0v) is 12.4. The maximum atomic E-state index is 13.7.